The molecule has 362 valence electrons. The fourth-order valence-corrected chi connectivity index (χ4v) is 6.63. The van der Waals surface area contributed by atoms with Crippen LogP contribution in [0.25, 0.3) is 0 Å². The minimum Gasteiger partial charge on any atom is -0.457 e. The van der Waals surface area contributed by atoms with Crippen LogP contribution in [-0.2, 0) is 23.7 Å². The molecule has 0 aliphatic carbocycles. The second-order valence-electron chi connectivity index (χ2n) is 16.1. The molecule has 1 heterocycles. The molecule has 0 radical (unpaired) electrons. The summed E-state index contributed by atoms with van der Waals surface area (Å²) in [5, 5.41) is 40.2. The Morgan fingerprint density at radius 2 is 0.906 bits per heavy atom. The van der Waals surface area contributed by atoms with Gasteiger partial charge in [-0.3, -0.25) is 4.79 Å². The molecule has 0 amide bonds. The molecule has 9 nitrogen and oxygen atoms in total. The van der Waals surface area contributed by atoms with Crippen molar-refractivity contribution in [3.8, 4) is 0 Å². The zero-order chi connectivity index (χ0) is 46.4. The topological polar surface area (TPSA) is 135 Å². The minimum absolute atomic E-state index is 0.101. The van der Waals surface area contributed by atoms with Crippen LogP contribution in [0, 0.1) is 0 Å². The van der Waals surface area contributed by atoms with Crippen LogP contribution in [0.5, 0.6) is 0 Å². The van der Waals surface area contributed by atoms with E-state index in [-0.39, 0.29) is 19.6 Å². The van der Waals surface area contributed by atoms with Crippen LogP contribution in [-0.4, -0.2) is 89.6 Å². The second kappa shape index (κ2) is 44.8. The summed E-state index contributed by atoms with van der Waals surface area (Å²) in [6.07, 6.45) is 58.1. The van der Waals surface area contributed by atoms with Crippen molar-refractivity contribution in [3.05, 3.63) is 122 Å². The minimum atomic E-state index is -1.56. The van der Waals surface area contributed by atoms with E-state index in [1.54, 1.807) is 0 Å². The molecule has 0 spiro atoms. The monoisotopic (exact) mass is 893 g/mol. The largest absolute Gasteiger partial charge is 0.457 e. The van der Waals surface area contributed by atoms with Crippen molar-refractivity contribution in [2.45, 2.75) is 192 Å². The van der Waals surface area contributed by atoms with E-state index in [4.69, 9.17) is 18.9 Å². The van der Waals surface area contributed by atoms with Gasteiger partial charge in [-0.25, -0.2) is 0 Å². The average Bonchev–Trinajstić information content (AvgIpc) is 3.30. The molecule has 9 heteroatoms. The van der Waals surface area contributed by atoms with Crippen LogP contribution in [0.15, 0.2) is 122 Å². The first-order chi connectivity index (χ1) is 31.4. The summed E-state index contributed by atoms with van der Waals surface area (Å²) in [5.41, 5.74) is 0. The number of aliphatic hydroxyl groups excluding tert-OH is 4. The lowest BCUT2D eigenvalue weighted by atomic mass is 9.99. The number of allylic oxidation sites excluding steroid dienone is 20. The first kappa shape index (κ1) is 58.6. The Bertz CT molecular complexity index is 1390. The predicted octanol–water partition coefficient (Wildman–Crippen LogP) is 11.9. The third kappa shape index (κ3) is 34.9. The van der Waals surface area contributed by atoms with Crippen LogP contribution in [0.4, 0.5) is 0 Å². The van der Waals surface area contributed by atoms with E-state index in [2.05, 4.69) is 123 Å². The zero-order valence-electron chi connectivity index (χ0n) is 39.7. The van der Waals surface area contributed by atoms with E-state index in [0.29, 0.717) is 13.0 Å². The molecular formula is C55H88O9. The molecule has 6 unspecified atom stereocenters. The maximum absolute atomic E-state index is 12.8. The Hall–Kier alpha value is -3.41. The summed E-state index contributed by atoms with van der Waals surface area (Å²) in [5.74, 6) is -0.403. The summed E-state index contributed by atoms with van der Waals surface area (Å²) in [6, 6.07) is 0. The molecule has 0 aromatic heterocycles. The number of rotatable bonds is 40. The van der Waals surface area contributed by atoms with Crippen molar-refractivity contribution < 1.29 is 44.2 Å². The third-order valence-corrected chi connectivity index (χ3v) is 10.4. The van der Waals surface area contributed by atoms with Gasteiger partial charge in [0.2, 0.25) is 0 Å². The van der Waals surface area contributed by atoms with Gasteiger partial charge < -0.3 is 39.4 Å². The summed E-state index contributed by atoms with van der Waals surface area (Å²) in [6.45, 7) is 4.20. The summed E-state index contributed by atoms with van der Waals surface area (Å²) < 4.78 is 22.8. The lowest BCUT2D eigenvalue weighted by molar-refractivity contribution is -0.305. The number of aliphatic hydroxyl groups is 4. The highest BCUT2D eigenvalue weighted by Gasteiger charge is 2.44. The summed E-state index contributed by atoms with van der Waals surface area (Å²) in [4.78, 5) is 12.8. The summed E-state index contributed by atoms with van der Waals surface area (Å²) >= 11 is 0. The third-order valence-electron chi connectivity index (χ3n) is 10.4. The van der Waals surface area contributed by atoms with Crippen molar-refractivity contribution in [1.82, 2.24) is 0 Å². The highest BCUT2D eigenvalue weighted by Crippen LogP contribution is 2.22. The van der Waals surface area contributed by atoms with E-state index in [9.17, 15) is 25.2 Å². The Kier molecular flexibility index (Phi) is 41.0. The molecule has 1 aliphatic rings. The van der Waals surface area contributed by atoms with Gasteiger partial charge in [-0.1, -0.05) is 180 Å². The normalized spacial score (nSPS) is 20.6. The highest BCUT2D eigenvalue weighted by molar-refractivity contribution is 5.69. The molecule has 1 aliphatic heterocycles. The number of hydrogen-bond donors (Lipinski definition) is 4. The van der Waals surface area contributed by atoms with Crippen LogP contribution in [0.1, 0.15) is 155 Å². The van der Waals surface area contributed by atoms with E-state index >= 15 is 0 Å². The van der Waals surface area contributed by atoms with Crippen LogP contribution < -0.4 is 0 Å². The van der Waals surface area contributed by atoms with Crippen molar-refractivity contribution in [2.75, 3.05) is 26.4 Å². The van der Waals surface area contributed by atoms with Gasteiger partial charge in [-0.05, 0) is 89.9 Å². The number of esters is 1. The van der Waals surface area contributed by atoms with Crippen LogP contribution in [0.2, 0.25) is 0 Å². The molecule has 0 bridgehead atoms. The van der Waals surface area contributed by atoms with Gasteiger partial charge in [0.25, 0.3) is 0 Å². The van der Waals surface area contributed by atoms with Gasteiger partial charge in [0, 0.05) is 13.0 Å². The molecule has 0 aromatic rings. The average molecular weight is 893 g/mol. The number of carbonyl (C=O) groups excluding carboxylic acids is 1. The fraction of sp³-hybridized carbons (Fsp3) is 0.618. The van der Waals surface area contributed by atoms with Crippen LogP contribution in [0.3, 0.4) is 0 Å². The van der Waals surface area contributed by atoms with Crippen LogP contribution >= 0.6 is 0 Å². The van der Waals surface area contributed by atoms with Gasteiger partial charge in [0.1, 0.15) is 30.5 Å². The fourth-order valence-electron chi connectivity index (χ4n) is 6.63. The van der Waals surface area contributed by atoms with Crippen molar-refractivity contribution in [1.29, 1.82) is 0 Å². The Morgan fingerprint density at radius 1 is 0.500 bits per heavy atom. The van der Waals surface area contributed by atoms with E-state index in [0.717, 1.165) is 89.9 Å². The highest BCUT2D eigenvalue weighted by atomic mass is 16.7. The van der Waals surface area contributed by atoms with Crippen molar-refractivity contribution >= 4 is 5.97 Å². The van der Waals surface area contributed by atoms with Gasteiger partial charge in [0.05, 0.1) is 19.8 Å². The Morgan fingerprint density at radius 3 is 1.36 bits per heavy atom. The number of ether oxygens (including phenoxy) is 4. The van der Waals surface area contributed by atoms with Gasteiger partial charge in [0.15, 0.2) is 6.29 Å². The SMILES string of the molecule is CC/C=C\C/C=C\C/C=C\C/C=C\C/C=C\C/C=C\CCC(=O)OC(COCCCCCCCCCCC/C=C\C/C=C\C/C=C\C/C=C\CC)COC1OC(CO)C(O)C(O)C1O. The lowest BCUT2D eigenvalue weighted by Gasteiger charge is -2.39. The molecule has 0 saturated carbocycles. The number of carbonyl (C=O) groups is 1. The van der Waals surface area contributed by atoms with Crippen molar-refractivity contribution in [2.24, 2.45) is 0 Å². The zero-order valence-corrected chi connectivity index (χ0v) is 39.7. The quantitative estimate of drug-likeness (QED) is 0.0269. The Balaban J connectivity index is 2.29. The number of hydrogen-bond acceptors (Lipinski definition) is 9. The summed E-state index contributed by atoms with van der Waals surface area (Å²) in [7, 11) is 0. The molecule has 6 atom stereocenters. The molecule has 1 rings (SSSR count). The standard InChI is InChI=1S/C55H88O9/c1-3-5-7-9-11-13-15-17-19-21-23-24-25-27-29-31-33-35-37-39-41-43-45-61-47-49(48-62-55-54(60)53(59)52(58)50(46-56)64-55)63-51(57)44-42-40-38-36-34-32-30-28-26-22-20-18-16-14-12-10-8-6-4-2/h5-8,11-14,17-20,23-24,26,28,32,34,38,40,49-50,52-56,58-60H,3-4,9-10,15-16,21-22,25,27,29-31,33,35-37,39,41-48H2,1-2H3/b7-5-,8-6-,13-11-,14-12-,19-17-,20-18-,24-23-,28-26-,34-32-,40-38-. The van der Waals surface area contributed by atoms with Gasteiger partial charge in [-0.2, -0.15) is 0 Å². The molecule has 1 fully saturated rings. The van der Waals surface area contributed by atoms with E-state index < -0.39 is 49.4 Å². The van der Waals surface area contributed by atoms with Gasteiger partial charge in [-0.15, -0.1) is 0 Å². The number of unbranched alkanes of at least 4 members (excludes halogenated alkanes) is 9. The first-order valence-corrected chi connectivity index (χ1v) is 24.6. The Labute approximate surface area is 388 Å². The molecular weight excluding hydrogens is 805 g/mol. The van der Waals surface area contributed by atoms with Gasteiger partial charge >= 0.3 is 5.97 Å². The smallest absolute Gasteiger partial charge is 0.306 e. The molecule has 0 aromatic carbocycles. The maximum atomic E-state index is 12.8. The van der Waals surface area contributed by atoms with Crippen molar-refractivity contribution in [3.63, 3.8) is 0 Å². The molecule has 64 heavy (non-hydrogen) atoms. The maximum Gasteiger partial charge on any atom is 0.306 e. The molecule has 1 saturated heterocycles. The van der Waals surface area contributed by atoms with E-state index in [1.165, 1.54) is 38.5 Å². The second-order valence-corrected chi connectivity index (χ2v) is 16.1. The lowest BCUT2D eigenvalue weighted by Crippen LogP contribution is -2.59. The first-order valence-electron chi connectivity index (χ1n) is 24.6. The predicted molar refractivity (Wildman–Crippen MR) is 265 cm³/mol. The molecule has 4 N–H and O–H groups in total. The van der Waals surface area contributed by atoms with E-state index in [1.807, 2.05) is 12.2 Å².